The number of hydrogen-bond donors (Lipinski definition) is 0. The van der Waals surface area contributed by atoms with E-state index in [0.717, 1.165) is 0 Å². The first-order valence-electron chi connectivity index (χ1n) is 5.13. The van der Waals surface area contributed by atoms with Crippen LogP contribution in [0.3, 0.4) is 0 Å². The predicted molar refractivity (Wildman–Crippen MR) is 61.6 cm³/mol. The minimum absolute atomic E-state index is 0.0763. The normalized spacial score (nSPS) is 31.5. The molecule has 1 fully saturated rings. The third-order valence-electron chi connectivity index (χ3n) is 1.99. The maximum Gasteiger partial charge on any atom is 0.511 e. The summed E-state index contributed by atoms with van der Waals surface area (Å²) in [6, 6.07) is 0. The predicted octanol–water partition coefficient (Wildman–Crippen LogP) is 1.46. The molecule has 0 atom stereocenters. The molecule has 0 radical (unpaired) electrons. The van der Waals surface area contributed by atoms with Crippen LogP contribution >= 0.6 is 11.8 Å². The fourth-order valence-electron chi connectivity index (χ4n) is 1.25. The smallest absolute Gasteiger partial charge is 0.373 e. The van der Waals surface area contributed by atoms with Crippen molar-refractivity contribution in [1.29, 1.82) is 0 Å². The van der Waals surface area contributed by atoms with E-state index in [4.69, 9.17) is 13.3 Å². The molecule has 4 nitrogen and oxygen atoms in total. The van der Waals surface area contributed by atoms with E-state index in [2.05, 4.69) is 6.92 Å². The Hall–Kier alpha value is 0.117. The summed E-state index contributed by atoms with van der Waals surface area (Å²) in [5, 5.41) is 0.607. The molecule has 1 aliphatic heterocycles. The molecule has 0 N–H and O–H groups in total. The van der Waals surface area contributed by atoms with Gasteiger partial charge in [0.05, 0.1) is 5.38 Å². The SMILES string of the molecule is CCO[Si]1(CSC(C)=O)OCC(C)CO1. The molecule has 0 spiro atoms. The van der Waals surface area contributed by atoms with Crippen LogP contribution < -0.4 is 0 Å². The Morgan fingerprint density at radius 3 is 2.60 bits per heavy atom. The fourth-order valence-corrected chi connectivity index (χ4v) is 5.53. The molecule has 0 aromatic carbocycles. The third-order valence-corrected chi connectivity index (χ3v) is 6.33. The van der Waals surface area contributed by atoms with Crippen LogP contribution in [0.4, 0.5) is 0 Å². The lowest BCUT2D eigenvalue weighted by molar-refractivity contribution is -0.109. The molecule has 88 valence electrons. The molecule has 15 heavy (non-hydrogen) atoms. The van der Waals surface area contributed by atoms with E-state index in [1.165, 1.54) is 11.8 Å². The van der Waals surface area contributed by atoms with Gasteiger partial charge < -0.3 is 13.3 Å². The van der Waals surface area contributed by atoms with Gasteiger partial charge in [0.25, 0.3) is 0 Å². The van der Waals surface area contributed by atoms with Gasteiger partial charge in [0.2, 0.25) is 0 Å². The number of carbonyl (C=O) groups excluding carboxylic acids is 1. The van der Waals surface area contributed by atoms with E-state index in [1.54, 1.807) is 6.92 Å². The van der Waals surface area contributed by atoms with Gasteiger partial charge in [-0.25, -0.2) is 0 Å². The number of thioether (sulfide) groups is 1. The molecule has 6 heteroatoms. The monoisotopic (exact) mass is 250 g/mol. The molecule has 1 aliphatic rings. The highest BCUT2D eigenvalue weighted by Crippen LogP contribution is 2.23. The molecule has 0 saturated carbocycles. The van der Waals surface area contributed by atoms with Crippen LogP contribution in [-0.2, 0) is 18.1 Å². The lowest BCUT2D eigenvalue weighted by Crippen LogP contribution is -2.54. The second-order valence-electron chi connectivity index (χ2n) is 3.62. The molecule has 0 aromatic rings. The van der Waals surface area contributed by atoms with E-state index in [1.807, 2.05) is 6.92 Å². The summed E-state index contributed by atoms with van der Waals surface area (Å²) in [5.74, 6) is 0.411. The van der Waals surface area contributed by atoms with Gasteiger partial charge in [-0.3, -0.25) is 4.79 Å². The Labute approximate surface area is 96.0 Å². The first-order chi connectivity index (χ1) is 7.08. The largest absolute Gasteiger partial charge is 0.511 e. The van der Waals surface area contributed by atoms with Crippen molar-refractivity contribution in [2.24, 2.45) is 5.92 Å². The minimum atomic E-state index is -2.55. The van der Waals surface area contributed by atoms with Gasteiger partial charge in [-0.1, -0.05) is 18.7 Å². The second kappa shape index (κ2) is 6.00. The van der Waals surface area contributed by atoms with Crippen LogP contribution in [0.2, 0.25) is 0 Å². The quantitative estimate of drug-likeness (QED) is 0.707. The Balaban J connectivity index is 2.50. The van der Waals surface area contributed by atoms with Crippen molar-refractivity contribution in [2.75, 3.05) is 25.2 Å². The van der Waals surface area contributed by atoms with Crippen LogP contribution in [0, 0.1) is 5.92 Å². The molecule has 0 amide bonds. The number of carbonyl (C=O) groups is 1. The van der Waals surface area contributed by atoms with E-state index >= 15 is 0 Å². The van der Waals surface area contributed by atoms with Gasteiger partial charge in [0.1, 0.15) is 0 Å². The minimum Gasteiger partial charge on any atom is -0.373 e. The molecular formula is C9H18O4SSi. The lowest BCUT2D eigenvalue weighted by Gasteiger charge is -2.34. The Morgan fingerprint density at radius 1 is 1.53 bits per heavy atom. The summed E-state index contributed by atoms with van der Waals surface area (Å²) >= 11 is 1.23. The molecule has 0 aromatic heterocycles. The fraction of sp³-hybridized carbons (Fsp3) is 0.889. The molecule has 0 bridgehead atoms. The number of hydrogen-bond acceptors (Lipinski definition) is 5. The van der Waals surface area contributed by atoms with Crippen molar-refractivity contribution in [1.82, 2.24) is 0 Å². The maximum atomic E-state index is 10.9. The van der Waals surface area contributed by atoms with Crippen LogP contribution in [-0.4, -0.2) is 39.1 Å². The van der Waals surface area contributed by atoms with Crippen molar-refractivity contribution in [3.63, 3.8) is 0 Å². The lowest BCUT2D eigenvalue weighted by atomic mass is 10.2. The molecule has 1 saturated heterocycles. The summed E-state index contributed by atoms with van der Waals surface area (Å²) in [5.41, 5.74) is 0. The van der Waals surface area contributed by atoms with E-state index in [9.17, 15) is 4.79 Å². The van der Waals surface area contributed by atoms with Crippen molar-refractivity contribution in [3.05, 3.63) is 0 Å². The summed E-state index contributed by atoms with van der Waals surface area (Å²) < 4.78 is 17.0. The molecule has 0 aliphatic carbocycles. The average molecular weight is 250 g/mol. The second-order valence-corrected chi connectivity index (χ2v) is 7.87. The topological polar surface area (TPSA) is 44.8 Å². The van der Waals surface area contributed by atoms with Crippen LogP contribution in [0.15, 0.2) is 0 Å². The number of rotatable bonds is 4. The van der Waals surface area contributed by atoms with Gasteiger partial charge in [-0.05, 0) is 6.92 Å². The zero-order valence-corrected chi connectivity index (χ0v) is 11.3. The van der Waals surface area contributed by atoms with Crippen LogP contribution in [0.1, 0.15) is 20.8 Å². The van der Waals surface area contributed by atoms with Gasteiger partial charge in [0.15, 0.2) is 5.12 Å². The van der Waals surface area contributed by atoms with Crippen molar-refractivity contribution in [2.45, 2.75) is 20.8 Å². The third kappa shape index (κ3) is 4.24. The standard InChI is InChI=1S/C9H18O4SSi/c1-4-11-15(7-14-9(3)10)12-5-8(2)6-13-15/h8H,4-7H2,1-3H3. The summed E-state index contributed by atoms with van der Waals surface area (Å²) in [6.07, 6.45) is 0. The van der Waals surface area contributed by atoms with Crippen LogP contribution in [0.5, 0.6) is 0 Å². The Morgan fingerprint density at radius 2 is 2.13 bits per heavy atom. The molecule has 1 rings (SSSR count). The molecular weight excluding hydrogens is 232 g/mol. The van der Waals surface area contributed by atoms with Gasteiger partial charge >= 0.3 is 8.80 Å². The van der Waals surface area contributed by atoms with Gasteiger partial charge in [-0.15, -0.1) is 0 Å². The highest BCUT2D eigenvalue weighted by atomic mass is 32.2. The van der Waals surface area contributed by atoms with Crippen molar-refractivity contribution < 1.29 is 18.1 Å². The molecule has 0 unspecified atom stereocenters. The zero-order valence-electron chi connectivity index (χ0n) is 9.45. The highest BCUT2D eigenvalue weighted by molar-refractivity contribution is 8.14. The van der Waals surface area contributed by atoms with Gasteiger partial charge in [0, 0.05) is 32.7 Å². The summed E-state index contributed by atoms with van der Waals surface area (Å²) in [4.78, 5) is 10.9. The summed E-state index contributed by atoms with van der Waals surface area (Å²) in [6.45, 7) is 7.44. The average Bonchev–Trinajstić information content (AvgIpc) is 2.20. The van der Waals surface area contributed by atoms with E-state index in [-0.39, 0.29) is 5.12 Å². The molecule has 1 heterocycles. The zero-order chi connectivity index (χ0) is 11.3. The van der Waals surface area contributed by atoms with Crippen molar-refractivity contribution in [3.8, 4) is 0 Å². The van der Waals surface area contributed by atoms with Crippen molar-refractivity contribution >= 4 is 25.7 Å². The van der Waals surface area contributed by atoms with E-state index < -0.39 is 8.80 Å². The first kappa shape index (κ1) is 13.2. The highest BCUT2D eigenvalue weighted by Gasteiger charge is 2.44. The summed E-state index contributed by atoms with van der Waals surface area (Å²) in [7, 11) is -2.55. The maximum absolute atomic E-state index is 10.9. The van der Waals surface area contributed by atoms with E-state index in [0.29, 0.717) is 31.1 Å². The van der Waals surface area contributed by atoms with Gasteiger partial charge in [-0.2, -0.15) is 0 Å². The van der Waals surface area contributed by atoms with Crippen LogP contribution in [0.25, 0.3) is 0 Å². The Kier molecular flexibility index (Phi) is 5.27. The Bertz CT molecular complexity index is 216. The first-order valence-corrected chi connectivity index (χ1v) is 8.05.